The van der Waals surface area contributed by atoms with E-state index >= 15 is 0 Å². The van der Waals surface area contributed by atoms with Crippen molar-refractivity contribution in [2.24, 2.45) is 0 Å². The van der Waals surface area contributed by atoms with Gasteiger partial charge in [-0.25, -0.2) is 0 Å². The van der Waals surface area contributed by atoms with Crippen LogP contribution in [0.5, 0.6) is 0 Å². The number of hydrogen-bond donors (Lipinski definition) is 1. The van der Waals surface area contributed by atoms with E-state index in [9.17, 15) is 4.79 Å². The molecule has 1 saturated heterocycles. The number of aryl methyl sites for hydroxylation is 1. The topological polar surface area (TPSA) is 46.3 Å². The molecule has 0 aromatic heterocycles. The second kappa shape index (κ2) is 5.21. The fourth-order valence-corrected chi connectivity index (χ4v) is 2.30. The highest BCUT2D eigenvalue weighted by molar-refractivity contribution is 5.99. The van der Waals surface area contributed by atoms with E-state index in [1.165, 1.54) is 12.8 Å². The third-order valence-electron chi connectivity index (χ3n) is 3.33. The van der Waals surface area contributed by atoms with Gasteiger partial charge in [-0.1, -0.05) is 24.5 Å². The van der Waals surface area contributed by atoms with Crippen molar-refractivity contribution < 1.29 is 4.79 Å². The van der Waals surface area contributed by atoms with E-state index in [1.807, 2.05) is 30.0 Å². The van der Waals surface area contributed by atoms with Crippen molar-refractivity contribution in [3.63, 3.8) is 0 Å². The standard InChI is InChI=1S/C14H20N2O/c1-11-6-7-13(15)12(10-11)14(17)16-8-4-2-3-5-9-16/h6-7,10H,2-5,8-9,15H2,1H3. The second-order valence-electron chi connectivity index (χ2n) is 4.80. The van der Waals surface area contributed by atoms with Gasteiger partial charge in [0.05, 0.1) is 5.56 Å². The molecule has 3 heteroatoms. The van der Waals surface area contributed by atoms with Crippen LogP contribution in [0.15, 0.2) is 18.2 Å². The van der Waals surface area contributed by atoms with Gasteiger partial charge in [0.1, 0.15) is 0 Å². The number of likely N-dealkylation sites (tertiary alicyclic amines) is 1. The number of benzene rings is 1. The van der Waals surface area contributed by atoms with Gasteiger partial charge in [-0.2, -0.15) is 0 Å². The molecule has 1 aliphatic rings. The average Bonchev–Trinajstić information content (AvgIpc) is 2.60. The second-order valence-corrected chi connectivity index (χ2v) is 4.80. The Morgan fingerprint density at radius 2 is 1.82 bits per heavy atom. The van der Waals surface area contributed by atoms with Gasteiger partial charge in [-0.3, -0.25) is 4.79 Å². The predicted molar refractivity (Wildman–Crippen MR) is 70.0 cm³/mol. The Bertz CT molecular complexity index is 407. The summed E-state index contributed by atoms with van der Waals surface area (Å²) in [5, 5.41) is 0. The number of nitrogen functional groups attached to an aromatic ring is 1. The molecule has 0 spiro atoms. The summed E-state index contributed by atoms with van der Waals surface area (Å²) in [5.74, 6) is 0.0908. The van der Waals surface area contributed by atoms with Crippen LogP contribution in [0.3, 0.4) is 0 Å². The zero-order chi connectivity index (χ0) is 12.3. The summed E-state index contributed by atoms with van der Waals surface area (Å²) in [4.78, 5) is 14.3. The Balaban J connectivity index is 2.20. The molecule has 1 aliphatic heterocycles. The maximum atomic E-state index is 12.4. The quantitative estimate of drug-likeness (QED) is 0.756. The Labute approximate surface area is 103 Å². The third kappa shape index (κ3) is 2.78. The van der Waals surface area contributed by atoms with E-state index in [1.54, 1.807) is 0 Å². The van der Waals surface area contributed by atoms with E-state index in [0.29, 0.717) is 11.3 Å². The molecule has 0 aliphatic carbocycles. The van der Waals surface area contributed by atoms with Gasteiger partial charge < -0.3 is 10.6 Å². The van der Waals surface area contributed by atoms with E-state index < -0.39 is 0 Å². The third-order valence-corrected chi connectivity index (χ3v) is 3.33. The van der Waals surface area contributed by atoms with Gasteiger partial charge in [-0.05, 0) is 31.9 Å². The molecule has 1 aromatic carbocycles. The minimum Gasteiger partial charge on any atom is -0.398 e. The predicted octanol–water partition coefficient (Wildman–Crippen LogP) is 2.59. The molecule has 0 unspecified atom stereocenters. The summed E-state index contributed by atoms with van der Waals surface area (Å²) in [7, 11) is 0. The molecular weight excluding hydrogens is 212 g/mol. The summed E-state index contributed by atoms with van der Waals surface area (Å²) in [6.45, 7) is 3.72. The smallest absolute Gasteiger partial charge is 0.255 e. The van der Waals surface area contributed by atoms with Crippen molar-refractivity contribution in [2.45, 2.75) is 32.6 Å². The summed E-state index contributed by atoms with van der Waals surface area (Å²) >= 11 is 0. The summed E-state index contributed by atoms with van der Waals surface area (Å²) in [6.07, 6.45) is 4.68. The van der Waals surface area contributed by atoms with E-state index in [2.05, 4.69) is 0 Å². The van der Waals surface area contributed by atoms with E-state index in [4.69, 9.17) is 5.73 Å². The van der Waals surface area contributed by atoms with Crippen LogP contribution in [-0.2, 0) is 0 Å². The van der Waals surface area contributed by atoms with Crippen LogP contribution in [-0.4, -0.2) is 23.9 Å². The molecule has 1 amide bonds. The van der Waals surface area contributed by atoms with E-state index in [-0.39, 0.29) is 5.91 Å². The molecule has 2 N–H and O–H groups in total. The van der Waals surface area contributed by atoms with E-state index in [0.717, 1.165) is 31.5 Å². The summed E-state index contributed by atoms with van der Waals surface area (Å²) < 4.78 is 0. The number of nitrogens with two attached hydrogens (primary N) is 1. The Hall–Kier alpha value is -1.51. The highest BCUT2D eigenvalue weighted by Gasteiger charge is 2.19. The van der Waals surface area contributed by atoms with Gasteiger partial charge >= 0.3 is 0 Å². The normalized spacial score (nSPS) is 16.6. The molecule has 0 saturated carbocycles. The zero-order valence-electron chi connectivity index (χ0n) is 10.4. The lowest BCUT2D eigenvalue weighted by molar-refractivity contribution is 0.0762. The largest absolute Gasteiger partial charge is 0.398 e. The first kappa shape index (κ1) is 12.0. The lowest BCUT2D eigenvalue weighted by atomic mass is 10.1. The Morgan fingerprint density at radius 1 is 1.18 bits per heavy atom. The maximum absolute atomic E-state index is 12.4. The average molecular weight is 232 g/mol. The molecule has 92 valence electrons. The molecule has 2 rings (SSSR count). The van der Waals surface area contributed by atoms with Crippen molar-refractivity contribution in [1.29, 1.82) is 0 Å². The van der Waals surface area contributed by atoms with Crippen LogP contribution in [0.2, 0.25) is 0 Å². The molecule has 0 atom stereocenters. The van der Waals surface area contributed by atoms with Crippen molar-refractivity contribution in [2.75, 3.05) is 18.8 Å². The Morgan fingerprint density at radius 3 is 2.47 bits per heavy atom. The molecule has 1 fully saturated rings. The monoisotopic (exact) mass is 232 g/mol. The van der Waals surface area contributed by atoms with Gasteiger partial charge in [0.15, 0.2) is 0 Å². The molecule has 1 heterocycles. The first-order chi connectivity index (χ1) is 8.18. The van der Waals surface area contributed by atoms with Gasteiger partial charge in [0.25, 0.3) is 5.91 Å². The highest BCUT2D eigenvalue weighted by Crippen LogP contribution is 2.18. The molecule has 3 nitrogen and oxygen atoms in total. The SMILES string of the molecule is Cc1ccc(N)c(C(=O)N2CCCCCC2)c1. The molecule has 1 aromatic rings. The van der Waals surface area contributed by atoms with Crippen LogP contribution in [0.4, 0.5) is 5.69 Å². The number of nitrogens with zero attached hydrogens (tertiary/aromatic N) is 1. The molecule has 0 radical (unpaired) electrons. The number of carbonyl (C=O) groups is 1. The maximum Gasteiger partial charge on any atom is 0.255 e. The first-order valence-corrected chi connectivity index (χ1v) is 6.34. The van der Waals surface area contributed by atoms with Crippen molar-refractivity contribution >= 4 is 11.6 Å². The fraction of sp³-hybridized carbons (Fsp3) is 0.500. The molecule has 0 bridgehead atoms. The zero-order valence-corrected chi connectivity index (χ0v) is 10.4. The molecule has 17 heavy (non-hydrogen) atoms. The van der Waals surface area contributed by atoms with Gasteiger partial charge in [-0.15, -0.1) is 0 Å². The number of carbonyl (C=O) groups excluding carboxylic acids is 1. The van der Waals surface area contributed by atoms with Crippen LogP contribution in [0.1, 0.15) is 41.6 Å². The minimum absolute atomic E-state index is 0.0908. The number of hydrogen-bond acceptors (Lipinski definition) is 2. The lowest BCUT2D eigenvalue weighted by Crippen LogP contribution is -2.32. The Kier molecular flexibility index (Phi) is 3.67. The van der Waals surface area contributed by atoms with Crippen LogP contribution in [0.25, 0.3) is 0 Å². The fourth-order valence-electron chi connectivity index (χ4n) is 2.30. The summed E-state index contributed by atoms with van der Waals surface area (Å²) in [5.41, 5.74) is 8.22. The van der Waals surface area contributed by atoms with Gasteiger partial charge in [0, 0.05) is 18.8 Å². The van der Waals surface area contributed by atoms with Gasteiger partial charge in [0.2, 0.25) is 0 Å². The highest BCUT2D eigenvalue weighted by atomic mass is 16.2. The van der Waals surface area contributed by atoms with Crippen LogP contribution >= 0.6 is 0 Å². The van der Waals surface area contributed by atoms with Crippen molar-refractivity contribution in [1.82, 2.24) is 4.90 Å². The minimum atomic E-state index is 0.0908. The van der Waals surface area contributed by atoms with Crippen molar-refractivity contribution in [3.8, 4) is 0 Å². The summed E-state index contributed by atoms with van der Waals surface area (Å²) in [6, 6.07) is 5.65. The van der Waals surface area contributed by atoms with Crippen LogP contribution < -0.4 is 5.73 Å². The first-order valence-electron chi connectivity index (χ1n) is 6.34. The number of rotatable bonds is 1. The molecular formula is C14H20N2O. The lowest BCUT2D eigenvalue weighted by Gasteiger charge is -2.21. The van der Waals surface area contributed by atoms with Crippen LogP contribution in [0, 0.1) is 6.92 Å². The number of amides is 1. The number of anilines is 1. The van der Waals surface area contributed by atoms with Crippen molar-refractivity contribution in [3.05, 3.63) is 29.3 Å².